The van der Waals surface area contributed by atoms with Crippen LogP contribution in [0.3, 0.4) is 0 Å². The van der Waals surface area contributed by atoms with Crippen molar-refractivity contribution in [2.75, 3.05) is 0 Å². The zero-order chi connectivity index (χ0) is 12.7. The molecule has 1 saturated carbocycles. The second-order valence-electron chi connectivity index (χ2n) is 4.62. The fourth-order valence-corrected chi connectivity index (χ4v) is 3.34. The zero-order valence-electron chi connectivity index (χ0n) is 9.53. The largest absolute Gasteiger partial charge is 0.326 e. The first-order chi connectivity index (χ1) is 7.86. The third-order valence-corrected chi connectivity index (χ3v) is 4.64. The molecule has 4 nitrogen and oxygen atoms in total. The van der Waals surface area contributed by atoms with Gasteiger partial charge < -0.3 is 5.73 Å². The first-order valence-corrected chi connectivity index (χ1v) is 6.87. The monoisotopic (exact) mass is 258 g/mol. The zero-order valence-corrected chi connectivity index (χ0v) is 10.3. The van der Waals surface area contributed by atoms with Crippen molar-refractivity contribution >= 4 is 10.0 Å². The van der Waals surface area contributed by atoms with Crippen molar-refractivity contribution in [1.29, 1.82) is 0 Å². The molecule has 94 valence electrons. The minimum Gasteiger partial charge on any atom is -0.326 e. The minimum atomic E-state index is -3.69. The number of hydrogen-bond acceptors (Lipinski definition) is 3. The molecule has 1 aromatic carbocycles. The summed E-state index contributed by atoms with van der Waals surface area (Å²) in [5.41, 5.74) is 5.50. The molecule has 17 heavy (non-hydrogen) atoms. The van der Waals surface area contributed by atoms with Gasteiger partial charge in [0.15, 0.2) is 0 Å². The number of sulfonamides is 1. The van der Waals surface area contributed by atoms with Crippen LogP contribution in [0, 0.1) is 5.82 Å². The Morgan fingerprint density at radius 1 is 1.47 bits per heavy atom. The highest BCUT2D eigenvalue weighted by Crippen LogP contribution is 2.36. The molecule has 0 radical (unpaired) electrons. The Morgan fingerprint density at radius 2 is 2.12 bits per heavy atom. The number of hydrogen-bond donors (Lipinski definition) is 2. The van der Waals surface area contributed by atoms with Crippen LogP contribution < -0.4 is 10.5 Å². The number of rotatable bonds is 4. The van der Waals surface area contributed by atoms with Crippen molar-refractivity contribution in [2.45, 2.75) is 36.7 Å². The van der Waals surface area contributed by atoms with E-state index in [-0.39, 0.29) is 17.0 Å². The first kappa shape index (κ1) is 12.5. The SMILES string of the molecule is CC1(NS(=O)(=O)c2cc(F)ccc2CN)CC1. The summed E-state index contributed by atoms with van der Waals surface area (Å²) in [4.78, 5) is -0.0619. The van der Waals surface area contributed by atoms with Gasteiger partial charge >= 0.3 is 0 Å². The molecule has 2 rings (SSSR count). The topological polar surface area (TPSA) is 72.2 Å². The van der Waals surface area contributed by atoms with E-state index in [1.807, 2.05) is 6.92 Å². The van der Waals surface area contributed by atoms with Gasteiger partial charge in [0.1, 0.15) is 5.82 Å². The van der Waals surface area contributed by atoms with Crippen LogP contribution in [0.2, 0.25) is 0 Å². The van der Waals surface area contributed by atoms with Crippen LogP contribution in [-0.2, 0) is 16.6 Å². The molecule has 0 amide bonds. The van der Waals surface area contributed by atoms with E-state index < -0.39 is 15.8 Å². The molecule has 0 atom stereocenters. The van der Waals surface area contributed by atoms with E-state index in [2.05, 4.69) is 4.72 Å². The maximum atomic E-state index is 13.1. The van der Waals surface area contributed by atoms with Crippen molar-refractivity contribution in [1.82, 2.24) is 4.72 Å². The third-order valence-electron chi connectivity index (χ3n) is 2.92. The molecule has 0 aliphatic heterocycles. The van der Waals surface area contributed by atoms with Gasteiger partial charge in [-0.25, -0.2) is 17.5 Å². The highest BCUT2D eigenvalue weighted by atomic mass is 32.2. The number of nitrogens with two attached hydrogens (primary N) is 1. The lowest BCUT2D eigenvalue weighted by molar-refractivity contribution is 0.554. The highest BCUT2D eigenvalue weighted by Gasteiger charge is 2.41. The Bertz CT molecular complexity index is 538. The molecule has 0 heterocycles. The van der Waals surface area contributed by atoms with E-state index in [4.69, 9.17) is 5.73 Å². The number of benzene rings is 1. The smallest absolute Gasteiger partial charge is 0.241 e. The van der Waals surface area contributed by atoms with E-state index >= 15 is 0 Å². The highest BCUT2D eigenvalue weighted by molar-refractivity contribution is 7.89. The summed E-state index contributed by atoms with van der Waals surface area (Å²) < 4.78 is 39.9. The second-order valence-corrected chi connectivity index (χ2v) is 6.27. The Balaban J connectivity index is 2.41. The molecule has 0 spiro atoms. The van der Waals surface area contributed by atoms with E-state index in [0.717, 1.165) is 18.9 Å². The quantitative estimate of drug-likeness (QED) is 0.850. The normalized spacial score (nSPS) is 18.1. The van der Waals surface area contributed by atoms with Crippen LogP contribution in [0.4, 0.5) is 4.39 Å². The summed E-state index contributed by atoms with van der Waals surface area (Å²) in [6.07, 6.45) is 1.61. The van der Waals surface area contributed by atoms with Crippen LogP contribution in [0.15, 0.2) is 23.1 Å². The van der Waals surface area contributed by atoms with Crippen molar-refractivity contribution in [3.05, 3.63) is 29.6 Å². The molecule has 1 fully saturated rings. The van der Waals surface area contributed by atoms with Crippen LogP contribution in [0.1, 0.15) is 25.3 Å². The lowest BCUT2D eigenvalue weighted by Gasteiger charge is -2.14. The average molecular weight is 258 g/mol. The summed E-state index contributed by atoms with van der Waals surface area (Å²) in [6, 6.07) is 3.62. The van der Waals surface area contributed by atoms with Gasteiger partial charge in [-0.05, 0) is 37.5 Å². The van der Waals surface area contributed by atoms with Gasteiger partial charge in [0.25, 0.3) is 0 Å². The first-order valence-electron chi connectivity index (χ1n) is 5.39. The summed E-state index contributed by atoms with van der Waals surface area (Å²) in [7, 11) is -3.69. The second kappa shape index (κ2) is 4.04. The van der Waals surface area contributed by atoms with Crippen molar-refractivity contribution in [2.24, 2.45) is 5.73 Å². The summed E-state index contributed by atoms with van der Waals surface area (Å²) >= 11 is 0. The maximum absolute atomic E-state index is 13.1. The summed E-state index contributed by atoms with van der Waals surface area (Å²) in [5, 5.41) is 0. The van der Waals surface area contributed by atoms with Crippen molar-refractivity contribution < 1.29 is 12.8 Å². The van der Waals surface area contributed by atoms with Gasteiger partial charge in [-0.2, -0.15) is 0 Å². The maximum Gasteiger partial charge on any atom is 0.241 e. The Hall–Kier alpha value is -0.980. The molecule has 1 aliphatic rings. The molecule has 1 aliphatic carbocycles. The Kier molecular flexibility index (Phi) is 2.97. The van der Waals surface area contributed by atoms with Gasteiger partial charge in [0.05, 0.1) is 4.90 Å². The molecular weight excluding hydrogens is 243 g/mol. The Labute approximate surface area is 100 Å². The fourth-order valence-electron chi connectivity index (χ4n) is 1.62. The van der Waals surface area contributed by atoms with Crippen LogP contribution in [-0.4, -0.2) is 14.0 Å². The van der Waals surface area contributed by atoms with Crippen LogP contribution in [0.5, 0.6) is 0 Å². The predicted molar refractivity (Wildman–Crippen MR) is 62.3 cm³/mol. The third kappa shape index (κ3) is 2.65. The lowest BCUT2D eigenvalue weighted by atomic mass is 10.2. The summed E-state index contributed by atoms with van der Waals surface area (Å²) in [6.45, 7) is 1.89. The molecule has 0 saturated heterocycles. The number of halogens is 1. The lowest BCUT2D eigenvalue weighted by Crippen LogP contribution is -2.35. The average Bonchev–Trinajstić information content (AvgIpc) is 2.95. The van der Waals surface area contributed by atoms with E-state index in [0.29, 0.717) is 5.56 Å². The molecule has 1 aromatic rings. The van der Waals surface area contributed by atoms with Gasteiger partial charge in [-0.15, -0.1) is 0 Å². The van der Waals surface area contributed by atoms with Crippen molar-refractivity contribution in [3.8, 4) is 0 Å². The van der Waals surface area contributed by atoms with Gasteiger partial charge in [0, 0.05) is 12.1 Å². The van der Waals surface area contributed by atoms with E-state index in [1.54, 1.807) is 0 Å². The molecule has 6 heteroatoms. The van der Waals surface area contributed by atoms with Crippen LogP contribution in [0.25, 0.3) is 0 Å². The predicted octanol–water partition coefficient (Wildman–Crippen LogP) is 1.12. The van der Waals surface area contributed by atoms with Gasteiger partial charge in [-0.3, -0.25) is 0 Å². The molecule has 0 unspecified atom stereocenters. The minimum absolute atomic E-state index is 0.0619. The standard InChI is InChI=1S/C11H15FN2O2S/c1-11(4-5-11)14-17(15,16)10-6-9(12)3-2-8(10)7-13/h2-3,6,14H,4-5,7,13H2,1H3. The van der Waals surface area contributed by atoms with E-state index in [9.17, 15) is 12.8 Å². The fraction of sp³-hybridized carbons (Fsp3) is 0.455. The van der Waals surface area contributed by atoms with Crippen LogP contribution >= 0.6 is 0 Å². The van der Waals surface area contributed by atoms with E-state index in [1.165, 1.54) is 12.1 Å². The Morgan fingerprint density at radius 3 is 2.65 bits per heavy atom. The molecule has 3 N–H and O–H groups in total. The van der Waals surface area contributed by atoms with Gasteiger partial charge in [0.2, 0.25) is 10.0 Å². The van der Waals surface area contributed by atoms with Crippen molar-refractivity contribution in [3.63, 3.8) is 0 Å². The molecular formula is C11H15FN2O2S. The summed E-state index contributed by atoms with van der Waals surface area (Å²) in [5.74, 6) is -0.580. The molecule has 0 bridgehead atoms. The molecule has 0 aromatic heterocycles. The van der Waals surface area contributed by atoms with Gasteiger partial charge in [-0.1, -0.05) is 6.07 Å². The number of nitrogens with one attached hydrogen (secondary N) is 1.